The highest BCUT2D eigenvalue weighted by Gasteiger charge is 2.13. The van der Waals surface area contributed by atoms with Gasteiger partial charge >= 0.3 is 0 Å². The van der Waals surface area contributed by atoms with Crippen LogP contribution in [0.2, 0.25) is 10.0 Å². The molecule has 4 rings (SSSR count). The molecule has 2 aromatic carbocycles. The summed E-state index contributed by atoms with van der Waals surface area (Å²) >= 11 is 13.5. The molecule has 0 aliphatic carbocycles. The van der Waals surface area contributed by atoms with E-state index in [0.717, 1.165) is 15.5 Å². The third-order valence-corrected chi connectivity index (χ3v) is 5.25. The summed E-state index contributed by atoms with van der Waals surface area (Å²) in [6, 6.07) is 12.3. The van der Waals surface area contributed by atoms with E-state index in [9.17, 15) is 4.79 Å². The Morgan fingerprint density at radius 1 is 1.12 bits per heavy atom. The van der Waals surface area contributed by atoms with Crippen LogP contribution in [0, 0.1) is 0 Å². The average Bonchev–Trinajstić information content (AvgIpc) is 3.20. The van der Waals surface area contributed by atoms with Gasteiger partial charge in [0.1, 0.15) is 11.3 Å². The number of benzene rings is 2. The molecule has 0 aliphatic rings. The minimum absolute atomic E-state index is 0.234. The predicted octanol–water partition coefficient (Wildman–Crippen LogP) is 4.41. The third kappa shape index (κ3) is 3.09. The smallest absolute Gasteiger partial charge is 0.257 e. The lowest BCUT2D eigenvalue weighted by Gasteiger charge is -2.08. The number of anilines is 1. The molecular weight excluding hydrogens is 381 g/mol. The molecule has 0 spiro atoms. The summed E-state index contributed by atoms with van der Waals surface area (Å²) in [5.74, 6) is -0.320. The predicted molar refractivity (Wildman–Crippen MR) is 98.5 cm³/mol. The molecule has 0 radical (unpaired) electrons. The second-order valence-corrected chi connectivity index (χ2v) is 6.84. The van der Waals surface area contributed by atoms with Gasteiger partial charge in [-0.3, -0.25) is 4.79 Å². The SMILES string of the molecule is O=C(Nc1ccc(-c2nn3cnnc3s2)cc1)c1cccc(Cl)c1Cl. The number of rotatable bonds is 3. The Bertz CT molecular complexity index is 1050. The van der Waals surface area contributed by atoms with Gasteiger partial charge < -0.3 is 5.32 Å². The highest BCUT2D eigenvalue weighted by molar-refractivity contribution is 7.19. The second-order valence-electron chi connectivity index (χ2n) is 5.10. The van der Waals surface area contributed by atoms with Crippen molar-refractivity contribution in [3.8, 4) is 10.6 Å². The van der Waals surface area contributed by atoms with Gasteiger partial charge in [-0.1, -0.05) is 40.6 Å². The Kier molecular flexibility index (Phi) is 4.12. The van der Waals surface area contributed by atoms with E-state index in [1.165, 1.54) is 11.3 Å². The maximum Gasteiger partial charge on any atom is 0.257 e. The van der Waals surface area contributed by atoms with Gasteiger partial charge in [-0.2, -0.15) is 9.61 Å². The molecule has 0 bridgehead atoms. The molecule has 4 aromatic rings. The molecule has 1 amide bonds. The quantitative estimate of drug-likeness (QED) is 0.563. The van der Waals surface area contributed by atoms with Crippen molar-refractivity contribution >= 4 is 51.1 Å². The molecule has 2 aromatic heterocycles. The maximum absolute atomic E-state index is 12.3. The van der Waals surface area contributed by atoms with E-state index >= 15 is 0 Å². The van der Waals surface area contributed by atoms with Crippen LogP contribution in [-0.2, 0) is 0 Å². The van der Waals surface area contributed by atoms with Gasteiger partial charge in [0.25, 0.3) is 5.91 Å². The van der Waals surface area contributed by atoms with Crippen molar-refractivity contribution in [2.24, 2.45) is 0 Å². The molecular formula is C16H9Cl2N5OS. The lowest BCUT2D eigenvalue weighted by atomic mass is 10.2. The zero-order valence-corrected chi connectivity index (χ0v) is 14.8. The average molecular weight is 390 g/mol. The largest absolute Gasteiger partial charge is 0.322 e. The van der Waals surface area contributed by atoms with Crippen LogP contribution in [-0.4, -0.2) is 25.7 Å². The number of nitrogens with zero attached hydrogens (tertiary/aromatic N) is 4. The Morgan fingerprint density at radius 3 is 2.68 bits per heavy atom. The van der Waals surface area contributed by atoms with E-state index < -0.39 is 0 Å². The molecule has 0 fully saturated rings. The lowest BCUT2D eigenvalue weighted by Crippen LogP contribution is -2.12. The number of amides is 1. The molecule has 25 heavy (non-hydrogen) atoms. The Morgan fingerprint density at radius 2 is 1.92 bits per heavy atom. The number of hydrogen-bond donors (Lipinski definition) is 1. The summed E-state index contributed by atoms with van der Waals surface area (Å²) in [4.78, 5) is 13.1. The number of hydrogen-bond acceptors (Lipinski definition) is 5. The van der Waals surface area contributed by atoms with Crippen molar-refractivity contribution in [1.29, 1.82) is 0 Å². The van der Waals surface area contributed by atoms with E-state index in [1.54, 1.807) is 41.2 Å². The Balaban J connectivity index is 1.55. The molecule has 9 heteroatoms. The van der Waals surface area contributed by atoms with Gasteiger partial charge in [0.05, 0.1) is 15.6 Å². The minimum atomic E-state index is -0.320. The summed E-state index contributed by atoms with van der Waals surface area (Å²) in [5, 5.41) is 16.3. The number of fused-ring (bicyclic) bond motifs is 1. The molecule has 0 saturated heterocycles. The van der Waals surface area contributed by atoms with Gasteiger partial charge in [0, 0.05) is 11.3 Å². The first-order valence-electron chi connectivity index (χ1n) is 7.14. The molecule has 124 valence electrons. The van der Waals surface area contributed by atoms with Crippen LogP contribution in [0.4, 0.5) is 5.69 Å². The first-order chi connectivity index (χ1) is 12.1. The molecule has 6 nitrogen and oxygen atoms in total. The number of nitrogens with one attached hydrogen (secondary N) is 1. The van der Waals surface area contributed by atoms with Gasteiger partial charge in [-0.05, 0) is 36.4 Å². The van der Waals surface area contributed by atoms with Crippen LogP contribution in [0.15, 0.2) is 48.8 Å². The first-order valence-corrected chi connectivity index (χ1v) is 8.72. The highest BCUT2D eigenvalue weighted by Crippen LogP contribution is 2.28. The molecule has 0 unspecified atom stereocenters. The van der Waals surface area contributed by atoms with Crippen LogP contribution in [0.3, 0.4) is 0 Å². The fraction of sp³-hybridized carbons (Fsp3) is 0. The maximum atomic E-state index is 12.3. The molecule has 2 heterocycles. The van der Waals surface area contributed by atoms with E-state index in [1.807, 2.05) is 12.1 Å². The summed E-state index contributed by atoms with van der Waals surface area (Å²) in [5.41, 5.74) is 1.90. The molecule has 0 aliphatic heterocycles. The van der Waals surface area contributed by atoms with Crippen molar-refractivity contribution in [3.05, 3.63) is 64.4 Å². The summed E-state index contributed by atoms with van der Waals surface area (Å²) in [6.07, 6.45) is 1.55. The van der Waals surface area contributed by atoms with E-state index in [-0.39, 0.29) is 10.9 Å². The van der Waals surface area contributed by atoms with Crippen molar-refractivity contribution in [1.82, 2.24) is 19.8 Å². The first kappa shape index (κ1) is 16.0. The standard InChI is InChI=1S/C16H9Cl2N5OS/c17-12-3-1-2-11(13(12)18)14(24)20-10-6-4-9(5-7-10)15-22-23-8-19-21-16(23)25-15/h1-8H,(H,20,24). The normalized spacial score (nSPS) is 11.0. The number of halogens is 2. The van der Waals surface area contributed by atoms with Gasteiger partial charge in [-0.15, -0.1) is 10.2 Å². The van der Waals surface area contributed by atoms with Crippen LogP contribution < -0.4 is 5.32 Å². The lowest BCUT2D eigenvalue weighted by molar-refractivity contribution is 0.102. The van der Waals surface area contributed by atoms with E-state index in [0.29, 0.717) is 16.3 Å². The number of aromatic nitrogens is 4. The zero-order chi connectivity index (χ0) is 17.4. The van der Waals surface area contributed by atoms with Crippen molar-refractivity contribution < 1.29 is 4.79 Å². The number of carbonyl (C=O) groups excluding carboxylic acids is 1. The fourth-order valence-corrected chi connectivity index (χ4v) is 3.46. The van der Waals surface area contributed by atoms with E-state index in [4.69, 9.17) is 23.2 Å². The van der Waals surface area contributed by atoms with Crippen molar-refractivity contribution in [2.45, 2.75) is 0 Å². The monoisotopic (exact) mass is 389 g/mol. The topological polar surface area (TPSA) is 72.2 Å². The molecule has 0 saturated carbocycles. The van der Waals surface area contributed by atoms with Crippen LogP contribution in [0.1, 0.15) is 10.4 Å². The fourth-order valence-electron chi connectivity index (χ4n) is 2.25. The summed E-state index contributed by atoms with van der Waals surface area (Å²) in [6.45, 7) is 0. The van der Waals surface area contributed by atoms with Crippen LogP contribution >= 0.6 is 34.5 Å². The van der Waals surface area contributed by atoms with Gasteiger partial charge in [-0.25, -0.2) is 0 Å². The Hall–Kier alpha value is -2.48. The third-order valence-electron chi connectivity index (χ3n) is 3.47. The summed E-state index contributed by atoms with van der Waals surface area (Å²) < 4.78 is 1.62. The van der Waals surface area contributed by atoms with Crippen LogP contribution in [0.5, 0.6) is 0 Å². The number of carbonyl (C=O) groups is 1. The van der Waals surface area contributed by atoms with Gasteiger partial charge in [0.15, 0.2) is 0 Å². The summed E-state index contributed by atoms with van der Waals surface area (Å²) in [7, 11) is 0. The van der Waals surface area contributed by atoms with Crippen molar-refractivity contribution in [3.63, 3.8) is 0 Å². The molecule has 1 N–H and O–H groups in total. The zero-order valence-electron chi connectivity index (χ0n) is 12.5. The second kappa shape index (κ2) is 6.44. The van der Waals surface area contributed by atoms with E-state index in [2.05, 4.69) is 20.6 Å². The Labute approximate surface area is 156 Å². The molecule has 0 atom stereocenters. The van der Waals surface area contributed by atoms with Gasteiger partial charge in [0.2, 0.25) is 4.96 Å². The van der Waals surface area contributed by atoms with Crippen LogP contribution in [0.25, 0.3) is 15.5 Å². The minimum Gasteiger partial charge on any atom is -0.322 e. The highest BCUT2D eigenvalue weighted by atomic mass is 35.5. The van der Waals surface area contributed by atoms with Crippen molar-refractivity contribution in [2.75, 3.05) is 5.32 Å².